The lowest BCUT2D eigenvalue weighted by molar-refractivity contribution is -0.264. The zero-order chi connectivity index (χ0) is 41.3. The minimum Gasteiger partial charge on any atom is -0.459 e. The zero-order valence-corrected chi connectivity index (χ0v) is 36.3. The van der Waals surface area contributed by atoms with E-state index in [1.807, 2.05) is 55.4 Å². The molecule has 10 fully saturated rings. The molecule has 10 aliphatic rings. The molecule has 2 N–H and O–H groups in total. The van der Waals surface area contributed by atoms with E-state index in [4.69, 9.17) is 18.9 Å². The Kier molecular flexibility index (Phi) is 11.7. The van der Waals surface area contributed by atoms with Crippen molar-refractivity contribution in [1.29, 1.82) is 0 Å². The zero-order valence-electron chi connectivity index (χ0n) is 36.3. The fraction of sp³-hybridized carbons (Fsp3) is 0.913. The van der Waals surface area contributed by atoms with E-state index in [0.29, 0.717) is 37.5 Å². The Labute approximate surface area is 336 Å². The van der Waals surface area contributed by atoms with Crippen LogP contribution in [0.25, 0.3) is 0 Å². The van der Waals surface area contributed by atoms with Gasteiger partial charge in [0.05, 0.1) is 27.4 Å². The van der Waals surface area contributed by atoms with Crippen LogP contribution in [-0.2, 0) is 38.1 Å². The van der Waals surface area contributed by atoms with Gasteiger partial charge in [0.25, 0.3) is 0 Å². The number of aliphatic hydroxyl groups is 2. The maximum absolute atomic E-state index is 12.5. The Morgan fingerprint density at radius 1 is 0.679 bits per heavy atom. The summed E-state index contributed by atoms with van der Waals surface area (Å²) >= 11 is 0. The van der Waals surface area contributed by atoms with Gasteiger partial charge in [0.15, 0.2) is 0 Å². The van der Waals surface area contributed by atoms with Gasteiger partial charge in [-0.15, -0.1) is 0 Å². The molecule has 318 valence electrons. The normalized spacial score (nSPS) is 41.5. The van der Waals surface area contributed by atoms with Crippen LogP contribution in [0, 0.1) is 51.8 Å². The summed E-state index contributed by atoms with van der Waals surface area (Å²) in [7, 11) is 0. The number of ether oxygens (including phenoxy) is 4. The maximum Gasteiger partial charge on any atom is 0.348 e. The minimum atomic E-state index is -0.842. The van der Waals surface area contributed by atoms with Crippen molar-refractivity contribution in [3.05, 3.63) is 0 Å². The largest absolute Gasteiger partial charge is 0.459 e. The molecule has 10 rings (SSSR count). The summed E-state index contributed by atoms with van der Waals surface area (Å²) in [6, 6.07) is 0. The van der Waals surface area contributed by atoms with E-state index in [-0.39, 0.29) is 52.8 Å². The predicted octanol–water partition coefficient (Wildman–Crippen LogP) is 8.40. The predicted molar refractivity (Wildman–Crippen MR) is 211 cm³/mol. The van der Waals surface area contributed by atoms with E-state index in [1.54, 1.807) is 0 Å². The molecular weight excluding hydrogens is 712 g/mol. The molecule has 0 aromatic carbocycles. The molecule has 10 nitrogen and oxygen atoms in total. The number of fused-ring (bicyclic) bond motifs is 1. The van der Waals surface area contributed by atoms with Crippen LogP contribution >= 0.6 is 0 Å². The standard InChI is InChI=1S/C17H28O2.C16H26O4.C13H20O4/c1-5-16(2,3)15(18)19-17(4)13-7-11-6-12(9-13)10-14(17)8-11;1-4-13(2,3)12(17)20-16-7-11-5-14(18,9-16)8-15(19,6-11)10-16;1-4-13(2,3)12(15)17-10-8-6-5-7-9(8)16-11(10)14/h11-14H,5-10H2,1-4H3;11,18-19H,4-10H2,1-3H3;8-10H,4-7H2,1-3H3. The number of hydrogen-bond donors (Lipinski definition) is 2. The Morgan fingerprint density at radius 2 is 1.16 bits per heavy atom. The molecule has 1 saturated heterocycles. The number of rotatable bonds is 9. The number of esters is 4. The van der Waals surface area contributed by atoms with Gasteiger partial charge in [0.1, 0.15) is 17.3 Å². The van der Waals surface area contributed by atoms with E-state index in [1.165, 1.54) is 32.1 Å². The van der Waals surface area contributed by atoms with Gasteiger partial charge in [0.2, 0.25) is 6.10 Å². The molecule has 9 saturated carbocycles. The van der Waals surface area contributed by atoms with Crippen LogP contribution in [0.3, 0.4) is 0 Å². The molecule has 0 amide bonds. The van der Waals surface area contributed by atoms with Crippen molar-refractivity contribution in [2.24, 2.45) is 51.8 Å². The fourth-order valence-electron chi connectivity index (χ4n) is 12.0. The molecule has 8 bridgehead atoms. The number of carbonyl (C=O) groups is 4. The van der Waals surface area contributed by atoms with Gasteiger partial charge >= 0.3 is 23.9 Å². The summed E-state index contributed by atoms with van der Waals surface area (Å²) in [5.41, 5.74) is -3.87. The van der Waals surface area contributed by atoms with Crippen LogP contribution in [0.5, 0.6) is 0 Å². The Bertz CT molecular complexity index is 1460. The molecule has 1 heterocycles. The van der Waals surface area contributed by atoms with Gasteiger partial charge < -0.3 is 29.2 Å². The van der Waals surface area contributed by atoms with Crippen LogP contribution in [0.4, 0.5) is 0 Å². The Morgan fingerprint density at radius 3 is 1.64 bits per heavy atom. The topological polar surface area (TPSA) is 146 Å². The second-order valence-corrected chi connectivity index (χ2v) is 22.0. The second-order valence-electron chi connectivity index (χ2n) is 22.0. The first-order valence-corrected chi connectivity index (χ1v) is 22.2. The van der Waals surface area contributed by atoms with Gasteiger partial charge in [-0.2, -0.15) is 0 Å². The first-order valence-electron chi connectivity index (χ1n) is 22.2. The van der Waals surface area contributed by atoms with Crippen LogP contribution in [-0.4, -0.2) is 68.7 Å². The summed E-state index contributed by atoms with van der Waals surface area (Å²) in [5.74, 6) is 2.62. The molecule has 56 heavy (non-hydrogen) atoms. The van der Waals surface area contributed by atoms with Gasteiger partial charge in [-0.05, 0) is 168 Å². The molecule has 9 aliphatic carbocycles. The third-order valence-electron chi connectivity index (χ3n) is 16.3. The van der Waals surface area contributed by atoms with Crippen molar-refractivity contribution in [1.82, 2.24) is 0 Å². The minimum absolute atomic E-state index is 0.0185. The Hall–Kier alpha value is -2.20. The second kappa shape index (κ2) is 15.1. The third-order valence-corrected chi connectivity index (χ3v) is 16.3. The van der Waals surface area contributed by atoms with Crippen LogP contribution < -0.4 is 0 Å². The van der Waals surface area contributed by atoms with Crippen molar-refractivity contribution in [2.45, 2.75) is 213 Å². The summed E-state index contributed by atoms with van der Waals surface area (Å²) in [6.07, 6.45) is 14.8. The highest BCUT2D eigenvalue weighted by Gasteiger charge is 2.65. The molecule has 5 atom stereocenters. The average Bonchev–Trinajstić information content (AvgIpc) is 3.66. The van der Waals surface area contributed by atoms with Crippen molar-refractivity contribution < 1.29 is 48.3 Å². The maximum atomic E-state index is 12.5. The summed E-state index contributed by atoms with van der Waals surface area (Å²) < 4.78 is 22.6. The van der Waals surface area contributed by atoms with E-state index in [0.717, 1.165) is 63.2 Å². The number of hydrogen-bond acceptors (Lipinski definition) is 10. The summed E-state index contributed by atoms with van der Waals surface area (Å²) in [5, 5.41) is 21.3. The fourth-order valence-corrected chi connectivity index (χ4v) is 12.0. The van der Waals surface area contributed by atoms with E-state index < -0.39 is 33.7 Å². The van der Waals surface area contributed by atoms with Crippen LogP contribution in [0.15, 0.2) is 0 Å². The lowest BCUT2D eigenvalue weighted by Crippen LogP contribution is -2.67. The van der Waals surface area contributed by atoms with Crippen LogP contribution in [0.2, 0.25) is 0 Å². The highest BCUT2D eigenvalue weighted by molar-refractivity contribution is 5.83. The Balaban J connectivity index is 0.000000143. The monoisotopic (exact) mass is 787 g/mol. The smallest absolute Gasteiger partial charge is 0.348 e. The van der Waals surface area contributed by atoms with Crippen LogP contribution in [0.1, 0.15) is 178 Å². The van der Waals surface area contributed by atoms with E-state index in [2.05, 4.69) is 13.8 Å². The van der Waals surface area contributed by atoms with Gasteiger partial charge in [-0.3, -0.25) is 14.4 Å². The summed E-state index contributed by atoms with van der Waals surface area (Å²) in [6.45, 7) is 19.7. The van der Waals surface area contributed by atoms with Gasteiger partial charge in [-0.25, -0.2) is 4.79 Å². The lowest BCUT2D eigenvalue weighted by atomic mass is 9.50. The van der Waals surface area contributed by atoms with Gasteiger partial charge in [0, 0.05) is 25.2 Å². The third kappa shape index (κ3) is 8.45. The van der Waals surface area contributed by atoms with Gasteiger partial charge in [-0.1, -0.05) is 20.8 Å². The molecule has 5 unspecified atom stereocenters. The highest BCUT2D eigenvalue weighted by atomic mass is 16.6. The number of carbonyl (C=O) groups excluding carboxylic acids is 4. The molecule has 10 heteroatoms. The molecule has 1 aliphatic heterocycles. The molecular formula is C46H74O10. The first-order chi connectivity index (χ1) is 25.9. The highest BCUT2D eigenvalue weighted by Crippen LogP contribution is 2.61. The lowest BCUT2D eigenvalue weighted by Gasteiger charge is -2.62. The van der Waals surface area contributed by atoms with Crippen molar-refractivity contribution in [3.63, 3.8) is 0 Å². The van der Waals surface area contributed by atoms with E-state index in [9.17, 15) is 29.4 Å². The molecule has 0 aromatic rings. The first kappa shape index (κ1) is 43.4. The van der Waals surface area contributed by atoms with E-state index >= 15 is 0 Å². The molecule has 0 spiro atoms. The average molecular weight is 787 g/mol. The molecule has 0 aromatic heterocycles. The SMILES string of the molecule is CCC(C)(C)C(=O)OC1(C)C2CC3CC(C2)CC1C3.CCC(C)(C)C(=O)OC12CC3CC(O)(CC(O)(C3)C1)C2.CCC(C)(C)C(=O)OC1C(=O)OC2CCCC21. The van der Waals surface area contributed by atoms with Crippen molar-refractivity contribution in [3.8, 4) is 0 Å². The quantitative estimate of drug-likeness (QED) is 0.173. The van der Waals surface area contributed by atoms with Crippen molar-refractivity contribution >= 4 is 23.9 Å². The molecule has 0 radical (unpaired) electrons. The van der Waals surface area contributed by atoms with Crippen molar-refractivity contribution in [2.75, 3.05) is 0 Å². The summed E-state index contributed by atoms with van der Waals surface area (Å²) in [4.78, 5) is 48.5.